The van der Waals surface area contributed by atoms with Crippen molar-refractivity contribution >= 4 is 5.95 Å². The first-order valence-electron chi connectivity index (χ1n) is 8.25. The smallest absolute Gasteiger partial charge is 0.416 e. The molecular weight excluding hydrogens is 349 g/mol. The van der Waals surface area contributed by atoms with Crippen molar-refractivity contribution < 1.29 is 23.4 Å². The largest absolute Gasteiger partial charge is 0.507 e. The van der Waals surface area contributed by atoms with Gasteiger partial charge < -0.3 is 15.1 Å². The van der Waals surface area contributed by atoms with Crippen LogP contribution in [0.1, 0.15) is 31.0 Å². The zero-order valence-corrected chi connectivity index (χ0v) is 14.3. The highest BCUT2D eigenvalue weighted by atomic mass is 19.4. The average molecular weight is 368 g/mol. The molecular formula is C17H19F3N4O2. The second-order valence-corrected chi connectivity index (χ2v) is 6.42. The molecule has 0 spiro atoms. The number of phenols is 1. The Morgan fingerprint density at radius 3 is 2.58 bits per heavy atom. The number of hydrogen-bond acceptors (Lipinski definition) is 6. The highest BCUT2D eigenvalue weighted by Gasteiger charge is 2.32. The molecule has 0 amide bonds. The number of anilines is 1. The van der Waals surface area contributed by atoms with Crippen LogP contribution in [-0.2, 0) is 6.18 Å². The van der Waals surface area contributed by atoms with Gasteiger partial charge in [0.05, 0.1) is 23.4 Å². The third-order valence-corrected chi connectivity index (χ3v) is 4.54. The monoisotopic (exact) mass is 368 g/mol. The lowest BCUT2D eigenvalue weighted by Crippen LogP contribution is -2.38. The summed E-state index contributed by atoms with van der Waals surface area (Å²) in [4.78, 5) is 6.26. The van der Waals surface area contributed by atoms with Gasteiger partial charge in [0, 0.05) is 12.1 Å². The Morgan fingerprint density at radius 1 is 1.27 bits per heavy atom. The van der Waals surface area contributed by atoms with E-state index in [0.717, 1.165) is 25.0 Å². The third kappa shape index (κ3) is 3.44. The molecule has 26 heavy (non-hydrogen) atoms. The molecule has 0 aliphatic carbocycles. The van der Waals surface area contributed by atoms with Crippen LogP contribution in [-0.4, -0.2) is 44.1 Å². The predicted molar refractivity (Wildman–Crippen MR) is 88.7 cm³/mol. The minimum atomic E-state index is -4.54. The van der Waals surface area contributed by atoms with E-state index in [0.29, 0.717) is 24.3 Å². The molecule has 0 saturated carbocycles. The van der Waals surface area contributed by atoms with Crippen LogP contribution in [0.3, 0.4) is 0 Å². The fourth-order valence-corrected chi connectivity index (χ4v) is 3.21. The van der Waals surface area contributed by atoms with E-state index in [4.69, 9.17) is 0 Å². The summed E-state index contributed by atoms with van der Waals surface area (Å²) in [5.41, 5.74) is -0.157. The van der Waals surface area contributed by atoms with Gasteiger partial charge in [0.2, 0.25) is 5.95 Å². The summed E-state index contributed by atoms with van der Waals surface area (Å²) in [6, 6.07) is 2.61. The Labute approximate surface area is 148 Å². The van der Waals surface area contributed by atoms with Crippen molar-refractivity contribution in [3.8, 4) is 17.0 Å². The molecule has 6 nitrogen and oxygen atoms in total. The number of aliphatic hydroxyl groups is 1. The highest BCUT2D eigenvalue weighted by Crippen LogP contribution is 2.36. The first kappa shape index (κ1) is 18.4. The molecule has 3 rings (SSSR count). The van der Waals surface area contributed by atoms with Crippen molar-refractivity contribution in [2.45, 2.75) is 45.0 Å². The maximum absolute atomic E-state index is 12.7. The predicted octanol–water partition coefficient (Wildman–Crippen LogP) is 2.92. The minimum absolute atomic E-state index is 0.0958. The fraction of sp³-hybridized carbons (Fsp3) is 0.471. The Morgan fingerprint density at radius 2 is 2.00 bits per heavy atom. The van der Waals surface area contributed by atoms with Crippen LogP contribution in [0, 0.1) is 6.92 Å². The molecule has 9 heteroatoms. The van der Waals surface area contributed by atoms with E-state index in [1.54, 1.807) is 13.8 Å². The number of nitrogens with zero attached hydrogens (tertiary/aromatic N) is 4. The Kier molecular flexibility index (Phi) is 4.74. The molecule has 1 aliphatic rings. The van der Waals surface area contributed by atoms with Gasteiger partial charge >= 0.3 is 6.18 Å². The molecule has 2 heterocycles. The van der Waals surface area contributed by atoms with Gasteiger partial charge in [0.1, 0.15) is 11.4 Å². The summed E-state index contributed by atoms with van der Waals surface area (Å²) in [6.07, 6.45) is -3.36. The summed E-state index contributed by atoms with van der Waals surface area (Å²) in [6.45, 7) is 4.05. The number of hydrogen-bond donors (Lipinski definition) is 2. The number of aromatic hydroxyl groups is 1. The Bertz CT molecular complexity index is 811. The standard InChI is InChI=1S/C17H19F3N4O2/c1-9-15(12-6-5-11(8-14(12)26)17(18,19)20)22-23-16(21-9)24-7-3-4-13(24)10(2)25/h5-6,8,10,13,25-26H,3-4,7H2,1-2H3/t10-,13+/m0/s1. The fourth-order valence-electron chi connectivity index (χ4n) is 3.21. The third-order valence-electron chi connectivity index (χ3n) is 4.54. The van der Waals surface area contributed by atoms with Crippen molar-refractivity contribution in [3.05, 3.63) is 29.5 Å². The van der Waals surface area contributed by atoms with Crippen molar-refractivity contribution in [2.75, 3.05) is 11.4 Å². The van der Waals surface area contributed by atoms with E-state index in [2.05, 4.69) is 15.2 Å². The molecule has 1 fully saturated rings. The van der Waals surface area contributed by atoms with Gasteiger partial charge in [-0.1, -0.05) is 0 Å². The molecule has 140 valence electrons. The molecule has 2 atom stereocenters. The summed E-state index contributed by atoms with van der Waals surface area (Å²) < 4.78 is 38.2. The zero-order chi connectivity index (χ0) is 19.1. The normalized spacial score (nSPS) is 19.0. The molecule has 0 radical (unpaired) electrons. The number of halogens is 3. The molecule has 1 aromatic carbocycles. The lowest BCUT2D eigenvalue weighted by atomic mass is 10.1. The van der Waals surface area contributed by atoms with Crippen LogP contribution in [0.2, 0.25) is 0 Å². The van der Waals surface area contributed by atoms with Gasteiger partial charge in [-0.25, -0.2) is 4.98 Å². The molecule has 2 aromatic rings. The zero-order valence-electron chi connectivity index (χ0n) is 14.3. The number of phenolic OH excluding ortho intramolecular Hbond substituents is 1. The van der Waals surface area contributed by atoms with Crippen LogP contribution < -0.4 is 4.90 Å². The molecule has 0 bridgehead atoms. The lowest BCUT2D eigenvalue weighted by molar-refractivity contribution is -0.137. The van der Waals surface area contributed by atoms with E-state index < -0.39 is 23.6 Å². The van der Waals surface area contributed by atoms with E-state index >= 15 is 0 Å². The second kappa shape index (κ2) is 6.71. The van der Waals surface area contributed by atoms with Gasteiger partial charge in [-0.15, -0.1) is 10.2 Å². The average Bonchev–Trinajstić information content (AvgIpc) is 3.04. The number of aryl methyl sites for hydroxylation is 1. The maximum Gasteiger partial charge on any atom is 0.416 e. The number of aromatic nitrogens is 3. The van der Waals surface area contributed by atoms with E-state index in [1.807, 2.05) is 4.90 Å². The van der Waals surface area contributed by atoms with Gasteiger partial charge in [-0.2, -0.15) is 13.2 Å². The first-order valence-corrected chi connectivity index (χ1v) is 8.25. The van der Waals surface area contributed by atoms with E-state index in [9.17, 15) is 23.4 Å². The van der Waals surface area contributed by atoms with Gasteiger partial charge in [0.15, 0.2) is 0 Å². The van der Waals surface area contributed by atoms with Crippen LogP contribution in [0.25, 0.3) is 11.3 Å². The number of benzene rings is 1. The summed E-state index contributed by atoms with van der Waals surface area (Å²) in [5, 5.41) is 28.0. The molecule has 1 saturated heterocycles. The second-order valence-electron chi connectivity index (χ2n) is 6.42. The van der Waals surface area contributed by atoms with Crippen molar-refractivity contribution in [1.29, 1.82) is 0 Å². The van der Waals surface area contributed by atoms with E-state index in [1.165, 1.54) is 0 Å². The molecule has 1 aromatic heterocycles. The first-order chi connectivity index (χ1) is 12.2. The summed E-state index contributed by atoms with van der Waals surface area (Å²) >= 11 is 0. The quantitative estimate of drug-likeness (QED) is 0.867. The SMILES string of the molecule is Cc1nc(N2CCC[C@@H]2[C@H](C)O)nnc1-c1ccc(C(F)(F)F)cc1O. The summed E-state index contributed by atoms with van der Waals surface area (Å²) in [5.74, 6) is -0.171. The molecule has 0 unspecified atom stereocenters. The lowest BCUT2D eigenvalue weighted by Gasteiger charge is -2.26. The Hall–Kier alpha value is -2.42. The van der Waals surface area contributed by atoms with Crippen molar-refractivity contribution in [3.63, 3.8) is 0 Å². The number of rotatable bonds is 3. The highest BCUT2D eigenvalue weighted by molar-refractivity contribution is 5.69. The molecule has 1 aliphatic heterocycles. The minimum Gasteiger partial charge on any atom is -0.507 e. The number of alkyl halides is 3. The topological polar surface area (TPSA) is 82.4 Å². The maximum atomic E-state index is 12.7. The van der Waals surface area contributed by atoms with Gasteiger partial charge in [-0.05, 0) is 44.9 Å². The van der Waals surface area contributed by atoms with Crippen LogP contribution in [0.4, 0.5) is 19.1 Å². The summed E-state index contributed by atoms with van der Waals surface area (Å²) in [7, 11) is 0. The van der Waals surface area contributed by atoms with Crippen molar-refractivity contribution in [2.24, 2.45) is 0 Å². The van der Waals surface area contributed by atoms with Crippen LogP contribution in [0.15, 0.2) is 18.2 Å². The number of aliphatic hydroxyl groups excluding tert-OH is 1. The van der Waals surface area contributed by atoms with Gasteiger partial charge in [0.25, 0.3) is 0 Å². The van der Waals surface area contributed by atoms with Gasteiger partial charge in [-0.3, -0.25) is 0 Å². The van der Waals surface area contributed by atoms with E-state index in [-0.39, 0.29) is 17.3 Å². The molecule has 2 N–H and O–H groups in total. The van der Waals surface area contributed by atoms with Crippen molar-refractivity contribution in [1.82, 2.24) is 15.2 Å². The van der Waals surface area contributed by atoms with Crippen LogP contribution >= 0.6 is 0 Å². The van der Waals surface area contributed by atoms with Crippen LogP contribution in [0.5, 0.6) is 5.75 Å². The Balaban J connectivity index is 1.94.